The average molecular weight is 406 g/mol. The third kappa shape index (κ3) is 3.56. The molecule has 0 saturated heterocycles. The minimum Gasteiger partial charge on any atom is -0.383 e. The van der Waals surface area contributed by atoms with Crippen LogP contribution in [0.3, 0.4) is 0 Å². The van der Waals surface area contributed by atoms with Crippen molar-refractivity contribution < 1.29 is 4.74 Å². The van der Waals surface area contributed by atoms with Gasteiger partial charge in [0.2, 0.25) is 0 Å². The second kappa shape index (κ2) is 7.72. The topological polar surface area (TPSA) is 61.0 Å². The van der Waals surface area contributed by atoms with Crippen molar-refractivity contribution in [1.29, 1.82) is 0 Å². The van der Waals surface area contributed by atoms with E-state index in [9.17, 15) is 0 Å². The normalized spacial score (nSPS) is 16.8. The van der Waals surface area contributed by atoms with Crippen LogP contribution >= 0.6 is 34.7 Å². The number of halogens is 1. The molecule has 0 amide bonds. The number of thiophene rings is 1. The van der Waals surface area contributed by atoms with Crippen molar-refractivity contribution in [1.82, 2.24) is 9.97 Å². The van der Waals surface area contributed by atoms with Crippen LogP contribution in [0.5, 0.6) is 0 Å². The van der Waals surface area contributed by atoms with Gasteiger partial charge in [-0.2, -0.15) is 0 Å². The Hall–Kier alpha value is -1.34. The molecule has 0 aliphatic carbocycles. The number of ether oxygens (including phenoxy) is 1. The highest BCUT2D eigenvalue weighted by Gasteiger charge is 2.25. The molecule has 1 atom stereocenters. The molecule has 4 nitrogen and oxygen atoms in total. The Morgan fingerprint density at radius 1 is 1.35 bits per heavy atom. The summed E-state index contributed by atoms with van der Waals surface area (Å²) in [5.41, 5.74) is 8.68. The van der Waals surface area contributed by atoms with E-state index in [2.05, 4.69) is 11.9 Å². The summed E-state index contributed by atoms with van der Waals surface area (Å²) in [6.45, 7) is 2.84. The van der Waals surface area contributed by atoms with E-state index in [4.69, 9.17) is 27.1 Å². The molecule has 136 valence electrons. The van der Waals surface area contributed by atoms with Gasteiger partial charge in [0.25, 0.3) is 0 Å². The van der Waals surface area contributed by atoms with Crippen molar-refractivity contribution in [2.24, 2.45) is 0 Å². The second-order valence-corrected chi connectivity index (χ2v) is 8.81. The molecule has 3 aromatic rings. The number of aromatic nitrogens is 2. The molecule has 3 heterocycles. The number of nitrogens with zero attached hydrogens (tertiary/aromatic N) is 2. The Morgan fingerprint density at radius 2 is 2.19 bits per heavy atom. The van der Waals surface area contributed by atoms with Gasteiger partial charge in [0, 0.05) is 22.1 Å². The Bertz CT molecular complexity index is 944. The number of nitrogens with two attached hydrogens (primary N) is 1. The Labute approximate surface area is 166 Å². The number of thioether (sulfide) groups is 1. The molecule has 7 heteroatoms. The zero-order valence-electron chi connectivity index (χ0n) is 14.5. The number of hydrogen-bond acceptors (Lipinski definition) is 6. The third-order valence-electron chi connectivity index (χ3n) is 4.55. The largest absolute Gasteiger partial charge is 0.383 e. The Morgan fingerprint density at radius 3 is 3.00 bits per heavy atom. The van der Waals surface area contributed by atoms with Gasteiger partial charge in [0.1, 0.15) is 10.6 Å². The molecule has 0 fully saturated rings. The van der Waals surface area contributed by atoms with Crippen LogP contribution in [-0.4, -0.2) is 16.1 Å². The van der Waals surface area contributed by atoms with Crippen molar-refractivity contribution in [3.05, 3.63) is 45.3 Å². The summed E-state index contributed by atoms with van der Waals surface area (Å²) in [6, 6.07) is 7.84. The lowest BCUT2D eigenvalue weighted by atomic mass is 10.0. The molecule has 1 aliphatic heterocycles. The summed E-state index contributed by atoms with van der Waals surface area (Å²) in [6.07, 6.45) is 3.38. The lowest BCUT2D eigenvalue weighted by Gasteiger charge is -2.22. The van der Waals surface area contributed by atoms with Crippen molar-refractivity contribution in [2.45, 2.75) is 49.8 Å². The SMILES string of the molecule is CCC[C@@H]1Cc2c(sc3nc(SCc4ccccc4Cl)nc(N)c23)CO1. The van der Waals surface area contributed by atoms with Crippen LogP contribution < -0.4 is 5.73 Å². The van der Waals surface area contributed by atoms with Crippen LogP contribution in [0.4, 0.5) is 5.82 Å². The fourth-order valence-electron chi connectivity index (χ4n) is 3.25. The van der Waals surface area contributed by atoms with Crippen molar-refractivity contribution in [2.75, 3.05) is 5.73 Å². The van der Waals surface area contributed by atoms with Crippen LogP contribution in [0.1, 0.15) is 35.8 Å². The summed E-state index contributed by atoms with van der Waals surface area (Å²) in [7, 11) is 0. The molecule has 1 aromatic carbocycles. The number of rotatable bonds is 5. The number of fused-ring (bicyclic) bond motifs is 3. The Kier molecular flexibility index (Phi) is 5.36. The van der Waals surface area contributed by atoms with Crippen LogP contribution in [0.25, 0.3) is 10.2 Å². The van der Waals surface area contributed by atoms with E-state index in [1.54, 1.807) is 23.1 Å². The highest BCUT2D eigenvalue weighted by molar-refractivity contribution is 7.98. The van der Waals surface area contributed by atoms with E-state index < -0.39 is 0 Å². The number of nitrogen functional groups attached to an aromatic ring is 1. The zero-order valence-corrected chi connectivity index (χ0v) is 16.9. The number of anilines is 1. The first-order chi connectivity index (χ1) is 12.7. The molecule has 1 aliphatic rings. The molecule has 26 heavy (non-hydrogen) atoms. The predicted octanol–water partition coefficient (Wildman–Crippen LogP) is 5.46. The molecule has 2 N–H and O–H groups in total. The second-order valence-electron chi connectivity index (χ2n) is 6.38. The molecule has 4 rings (SSSR count). The Balaban J connectivity index is 1.61. The first kappa shape index (κ1) is 18.0. The molecule has 0 radical (unpaired) electrons. The van der Waals surface area contributed by atoms with Gasteiger partial charge < -0.3 is 10.5 Å². The van der Waals surface area contributed by atoms with Gasteiger partial charge in [-0.15, -0.1) is 11.3 Å². The average Bonchev–Trinajstić information content (AvgIpc) is 2.99. The van der Waals surface area contributed by atoms with E-state index in [1.807, 2.05) is 24.3 Å². The molecule has 0 unspecified atom stereocenters. The van der Waals surface area contributed by atoms with Crippen molar-refractivity contribution in [3.63, 3.8) is 0 Å². The first-order valence-corrected chi connectivity index (χ1v) is 10.9. The van der Waals surface area contributed by atoms with E-state index in [-0.39, 0.29) is 6.10 Å². The first-order valence-electron chi connectivity index (χ1n) is 8.71. The minimum absolute atomic E-state index is 0.277. The van der Waals surface area contributed by atoms with Crippen LogP contribution in [0.15, 0.2) is 29.4 Å². The van der Waals surface area contributed by atoms with Gasteiger partial charge in [-0.3, -0.25) is 0 Å². The monoisotopic (exact) mass is 405 g/mol. The van der Waals surface area contributed by atoms with Gasteiger partial charge in [-0.05, 0) is 23.6 Å². The van der Waals surface area contributed by atoms with Crippen LogP contribution in [0, 0.1) is 0 Å². The molecular weight excluding hydrogens is 386 g/mol. The molecule has 2 aromatic heterocycles. The highest BCUT2D eigenvalue weighted by atomic mass is 35.5. The maximum atomic E-state index is 6.32. The predicted molar refractivity (Wildman–Crippen MR) is 110 cm³/mol. The highest BCUT2D eigenvalue weighted by Crippen LogP contribution is 2.39. The standard InChI is InChI=1S/C19H20ClN3OS2/c1-2-5-12-8-13-15(9-24-12)26-18-16(13)17(21)22-19(23-18)25-10-11-6-3-4-7-14(11)20/h3-4,6-7,12H,2,5,8-10H2,1H3,(H2,21,22,23)/t12-/m1/s1. The number of benzene rings is 1. The molecular formula is C19H20ClN3OS2. The smallest absolute Gasteiger partial charge is 0.191 e. The maximum Gasteiger partial charge on any atom is 0.191 e. The van der Waals surface area contributed by atoms with Crippen LogP contribution in [0.2, 0.25) is 5.02 Å². The van der Waals surface area contributed by atoms with Gasteiger partial charge in [-0.1, -0.05) is 54.9 Å². The van der Waals surface area contributed by atoms with Gasteiger partial charge >= 0.3 is 0 Å². The van der Waals surface area contributed by atoms with Crippen LogP contribution in [-0.2, 0) is 23.5 Å². The van der Waals surface area contributed by atoms with Crippen molar-refractivity contribution >= 4 is 50.7 Å². The summed E-state index contributed by atoms with van der Waals surface area (Å²) >= 11 is 9.47. The molecule has 0 saturated carbocycles. The third-order valence-corrected chi connectivity index (χ3v) is 6.91. The fraction of sp³-hybridized carbons (Fsp3) is 0.368. The number of hydrogen-bond donors (Lipinski definition) is 1. The molecule has 0 spiro atoms. The summed E-state index contributed by atoms with van der Waals surface area (Å²) in [5, 5.41) is 2.48. The zero-order chi connectivity index (χ0) is 18.1. The summed E-state index contributed by atoms with van der Waals surface area (Å²) < 4.78 is 5.96. The van der Waals surface area contributed by atoms with Gasteiger partial charge in [0.15, 0.2) is 5.16 Å². The lowest BCUT2D eigenvalue weighted by Crippen LogP contribution is -2.21. The minimum atomic E-state index is 0.277. The van der Waals surface area contributed by atoms with Gasteiger partial charge in [-0.25, -0.2) is 9.97 Å². The summed E-state index contributed by atoms with van der Waals surface area (Å²) in [4.78, 5) is 11.5. The maximum absolute atomic E-state index is 6.32. The lowest BCUT2D eigenvalue weighted by molar-refractivity contribution is 0.0254. The fourth-order valence-corrected chi connectivity index (χ4v) is 5.58. The van der Waals surface area contributed by atoms with E-state index in [0.717, 1.165) is 45.8 Å². The quantitative estimate of drug-likeness (QED) is 0.451. The van der Waals surface area contributed by atoms with Crippen molar-refractivity contribution in [3.8, 4) is 0 Å². The van der Waals surface area contributed by atoms with E-state index in [1.165, 1.54) is 10.4 Å². The summed E-state index contributed by atoms with van der Waals surface area (Å²) in [5.74, 6) is 1.29. The van der Waals surface area contributed by atoms with E-state index >= 15 is 0 Å². The van der Waals surface area contributed by atoms with Gasteiger partial charge in [0.05, 0.1) is 18.1 Å². The van der Waals surface area contributed by atoms with E-state index in [0.29, 0.717) is 17.6 Å². The molecule has 0 bridgehead atoms.